The molecule has 0 spiro atoms. The topological polar surface area (TPSA) is 61.6 Å². The van der Waals surface area contributed by atoms with Crippen LogP contribution in [0.1, 0.15) is 29.6 Å². The monoisotopic (exact) mass is 293 g/mol. The number of ether oxygens (including phenoxy) is 2. The standard InChI is InChI=1S/C15H16FNO4/c1-4-6-10-13(15(18)20-3)21-14(17-10)12-9(16)7-5-8-11(12)19-2/h5,7-8H,4,6H2,1-3H3. The smallest absolute Gasteiger partial charge is 0.376 e. The second-order valence-corrected chi connectivity index (χ2v) is 4.35. The normalized spacial score (nSPS) is 10.5. The number of carbonyl (C=O) groups is 1. The Morgan fingerprint density at radius 3 is 2.76 bits per heavy atom. The lowest BCUT2D eigenvalue weighted by atomic mass is 10.2. The van der Waals surface area contributed by atoms with Crippen LogP contribution in [-0.2, 0) is 11.2 Å². The second-order valence-electron chi connectivity index (χ2n) is 4.35. The molecule has 1 aromatic heterocycles. The molecule has 1 aromatic carbocycles. The summed E-state index contributed by atoms with van der Waals surface area (Å²) in [5.74, 6) is -0.869. The van der Waals surface area contributed by atoms with Crippen molar-refractivity contribution in [2.45, 2.75) is 19.8 Å². The van der Waals surface area contributed by atoms with Crippen LogP contribution in [0.15, 0.2) is 22.6 Å². The van der Waals surface area contributed by atoms with Crippen LogP contribution < -0.4 is 4.74 Å². The van der Waals surface area contributed by atoms with Crippen molar-refractivity contribution in [1.29, 1.82) is 0 Å². The Bertz CT molecular complexity index is 651. The third kappa shape index (κ3) is 2.89. The van der Waals surface area contributed by atoms with Gasteiger partial charge in [-0.1, -0.05) is 19.4 Å². The quantitative estimate of drug-likeness (QED) is 0.792. The Morgan fingerprint density at radius 2 is 2.14 bits per heavy atom. The lowest BCUT2D eigenvalue weighted by molar-refractivity contribution is 0.0564. The molecule has 0 fully saturated rings. The van der Waals surface area contributed by atoms with Crippen molar-refractivity contribution in [2.75, 3.05) is 14.2 Å². The van der Waals surface area contributed by atoms with Crippen molar-refractivity contribution in [3.63, 3.8) is 0 Å². The fourth-order valence-corrected chi connectivity index (χ4v) is 2.00. The van der Waals surface area contributed by atoms with Crippen LogP contribution in [0.25, 0.3) is 11.5 Å². The SMILES string of the molecule is CCCc1nc(-c2c(F)cccc2OC)oc1C(=O)OC. The number of rotatable bonds is 5. The number of carbonyl (C=O) groups excluding carboxylic acids is 1. The van der Waals surface area contributed by atoms with E-state index >= 15 is 0 Å². The highest BCUT2D eigenvalue weighted by Crippen LogP contribution is 2.33. The van der Waals surface area contributed by atoms with E-state index in [2.05, 4.69) is 9.72 Å². The lowest BCUT2D eigenvalue weighted by Crippen LogP contribution is -2.03. The van der Waals surface area contributed by atoms with E-state index < -0.39 is 11.8 Å². The number of nitrogens with zero attached hydrogens (tertiary/aromatic N) is 1. The van der Waals surface area contributed by atoms with Crippen molar-refractivity contribution >= 4 is 5.97 Å². The van der Waals surface area contributed by atoms with E-state index in [1.807, 2.05) is 6.92 Å². The molecule has 5 nitrogen and oxygen atoms in total. The van der Waals surface area contributed by atoms with Gasteiger partial charge in [-0.05, 0) is 18.6 Å². The first-order chi connectivity index (χ1) is 10.1. The zero-order chi connectivity index (χ0) is 15.4. The summed E-state index contributed by atoms with van der Waals surface area (Å²) < 4.78 is 29.2. The molecule has 0 saturated heterocycles. The highest BCUT2D eigenvalue weighted by molar-refractivity contribution is 5.88. The lowest BCUT2D eigenvalue weighted by Gasteiger charge is -2.05. The number of hydrogen-bond acceptors (Lipinski definition) is 5. The molecule has 0 atom stereocenters. The molecule has 0 aliphatic rings. The number of halogens is 1. The summed E-state index contributed by atoms with van der Waals surface area (Å²) in [6.45, 7) is 1.94. The molecular formula is C15H16FNO4. The van der Waals surface area contributed by atoms with Gasteiger partial charge in [0.2, 0.25) is 11.7 Å². The molecule has 0 aliphatic carbocycles. The summed E-state index contributed by atoms with van der Waals surface area (Å²) in [5, 5.41) is 0. The first kappa shape index (κ1) is 15.0. The number of aryl methyl sites for hydroxylation is 1. The first-order valence-corrected chi connectivity index (χ1v) is 6.53. The number of oxazole rings is 1. The van der Waals surface area contributed by atoms with Crippen LogP contribution in [-0.4, -0.2) is 25.2 Å². The van der Waals surface area contributed by atoms with Gasteiger partial charge in [0, 0.05) is 0 Å². The molecule has 21 heavy (non-hydrogen) atoms. The van der Waals surface area contributed by atoms with E-state index in [1.165, 1.54) is 26.4 Å². The minimum absolute atomic E-state index is 0.000318. The van der Waals surface area contributed by atoms with Crippen molar-refractivity contribution in [2.24, 2.45) is 0 Å². The van der Waals surface area contributed by atoms with Crippen LogP contribution in [0.5, 0.6) is 5.75 Å². The van der Waals surface area contributed by atoms with Crippen LogP contribution in [0.3, 0.4) is 0 Å². The maximum atomic E-state index is 14.0. The zero-order valence-corrected chi connectivity index (χ0v) is 12.1. The van der Waals surface area contributed by atoms with Gasteiger partial charge < -0.3 is 13.9 Å². The highest BCUT2D eigenvalue weighted by atomic mass is 19.1. The summed E-state index contributed by atoms with van der Waals surface area (Å²) in [5.41, 5.74) is 0.539. The van der Waals surface area contributed by atoms with Gasteiger partial charge in [0.05, 0.1) is 19.9 Å². The Kier molecular flexibility index (Phi) is 4.57. The molecule has 6 heteroatoms. The van der Waals surface area contributed by atoms with Crippen molar-refractivity contribution in [3.8, 4) is 17.2 Å². The Labute approximate surface area is 121 Å². The van der Waals surface area contributed by atoms with Crippen molar-refractivity contribution in [1.82, 2.24) is 4.98 Å². The molecule has 2 rings (SSSR count). The van der Waals surface area contributed by atoms with Gasteiger partial charge >= 0.3 is 5.97 Å². The summed E-state index contributed by atoms with van der Waals surface area (Å²) >= 11 is 0. The van der Waals surface area contributed by atoms with Gasteiger partial charge in [-0.2, -0.15) is 0 Å². The molecule has 0 saturated carbocycles. The van der Waals surface area contributed by atoms with Crippen LogP contribution >= 0.6 is 0 Å². The maximum Gasteiger partial charge on any atom is 0.376 e. The van der Waals surface area contributed by atoms with E-state index in [1.54, 1.807) is 6.07 Å². The van der Waals surface area contributed by atoms with E-state index in [9.17, 15) is 9.18 Å². The predicted molar refractivity (Wildman–Crippen MR) is 73.8 cm³/mol. The summed E-state index contributed by atoms with van der Waals surface area (Å²) in [6.07, 6.45) is 1.30. The third-order valence-corrected chi connectivity index (χ3v) is 2.96. The van der Waals surface area contributed by atoms with E-state index in [0.29, 0.717) is 12.1 Å². The molecule has 0 aliphatic heterocycles. The third-order valence-electron chi connectivity index (χ3n) is 2.96. The molecule has 0 unspecified atom stereocenters. The molecule has 0 radical (unpaired) electrons. The van der Waals surface area contributed by atoms with E-state index in [4.69, 9.17) is 9.15 Å². The van der Waals surface area contributed by atoms with Gasteiger partial charge in [-0.15, -0.1) is 0 Å². The molecule has 0 bridgehead atoms. The number of esters is 1. The average Bonchev–Trinajstić information content (AvgIpc) is 2.90. The Morgan fingerprint density at radius 1 is 1.38 bits per heavy atom. The van der Waals surface area contributed by atoms with E-state index in [-0.39, 0.29) is 23.0 Å². The maximum absolute atomic E-state index is 14.0. The predicted octanol–water partition coefficient (Wildman–Crippen LogP) is 3.23. The number of aromatic nitrogens is 1. The average molecular weight is 293 g/mol. The molecule has 0 N–H and O–H groups in total. The van der Waals surface area contributed by atoms with Gasteiger partial charge in [0.25, 0.3) is 0 Å². The molecule has 2 aromatic rings. The van der Waals surface area contributed by atoms with Crippen molar-refractivity contribution in [3.05, 3.63) is 35.5 Å². The zero-order valence-electron chi connectivity index (χ0n) is 12.1. The highest BCUT2D eigenvalue weighted by Gasteiger charge is 2.24. The van der Waals surface area contributed by atoms with E-state index in [0.717, 1.165) is 6.42 Å². The van der Waals surface area contributed by atoms with Crippen LogP contribution in [0, 0.1) is 5.82 Å². The largest absolute Gasteiger partial charge is 0.496 e. The van der Waals surface area contributed by atoms with Gasteiger partial charge in [-0.3, -0.25) is 0 Å². The molecule has 112 valence electrons. The fraction of sp³-hybridized carbons (Fsp3) is 0.333. The first-order valence-electron chi connectivity index (χ1n) is 6.53. The number of benzene rings is 1. The van der Waals surface area contributed by atoms with Crippen LogP contribution in [0.2, 0.25) is 0 Å². The molecule has 1 heterocycles. The molecule has 0 amide bonds. The summed E-state index contributed by atoms with van der Waals surface area (Å²) in [6, 6.07) is 4.40. The van der Waals surface area contributed by atoms with Gasteiger partial charge in [-0.25, -0.2) is 14.2 Å². The Balaban J connectivity index is 2.58. The molecular weight excluding hydrogens is 277 g/mol. The summed E-state index contributed by atoms with van der Waals surface area (Å²) in [4.78, 5) is 15.9. The summed E-state index contributed by atoms with van der Waals surface area (Å²) in [7, 11) is 2.68. The van der Waals surface area contributed by atoms with Gasteiger partial charge in [0.1, 0.15) is 17.1 Å². The minimum atomic E-state index is -0.632. The fourth-order valence-electron chi connectivity index (χ4n) is 2.00. The number of methoxy groups -OCH3 is 2. The van der Waals surface area contributed by atoms with Crippen molar-refractivity contribution < 1.29 is 23.1 Å². The Hall–Kier alpha value is -2.37. The van der Waals surface area contributed by atoms with Crippen LogP contribution in [0.4, 0.5) is 4.39 Å². The van der Waals surface area contributed by atoms with Gasteiger partial charge in [0.15, 0.2) is 0 Å². The second kappa shape index (κ2) is 6.39. The number of hydrogen-bond donors (Lipinski definition) is 0. The minimum Gasteiger partial charge on any atom is -0.496 e.